The quantitative estimate of drug-likeness (QED) is 0.816. The largest absolute Gasteiger partial charge is 0.311 e. The van der Waals surface area contributed by atoms with Crippen molar-refractivity contribution in [3.8, 4) is 6.07 Å². The molecule has 0 aliphatic carbocycles. The lowest BCUT2D eigenvalue weighted by molar-refractivity contribution is -0.116. The van der Waals surface area contributed by atoms with Gasteiger partial charge in [0.15, 0.2) is 0 Å². The van der Waals surface area contributed by atoms with E-state index in [2.05, 4.69) is 10.3 Å². The first-order chi connectivity index (χ1) is 7.11. The SMILES string of the molecule is CC(C)CC(=O)Nc1cc(C#N)ccn1. The Kier molecular flexibility index (Phi) is 3.81. The van der Waals surface area contributed by atoms with E-state index in [0.717, 1.165) is 0 Å². The Morgan fingerprint density at radius 1 is 1.67 bits per heavy atom. The van der Waals surface area contributed by atoms with Crippen LogP contribution in [0.5, 0.6) is 0 Å². The van der Waals surface area contributed by atoms with Crippen LogP contribution in [0.25, 0.3) is 0 Å². The number of rotatable bonds is 3. The van der Waals surface area contributed by atoms with E-state index in [0.29, 0.717) is 23.7 Å². The third kappa shape index (κ3) is 3.77. The minimum absolute atomic E-state index is 0.0763. The zero-order valence-corrected chi connectivity index (χ0v) is 8.82. The van der Waals surface area contributed by atoms with E-state index in [1.807, 2.05) is 19.9 Å². The third-order valence-electron chi connectivity index (χ3n) is 1.75. The fourth-order valence-electron chi connectivity index (χ4n) is 1.13. The van der Waals surface area contributed by atoms with E-state index < -0.39 is 0 Å². The molecule has 78 valence electrons. The lowest BCUT2D eigenvalue weighted by Crippen LogP contribution is -2.14. The first-order valence-corrected chi connectivity index (χ1v) is 4.78. The van der Waals surface area contributed by atoms with Crippen LogP contribution in [0.3, 0.4) is 0 Å². The third-order valence-corrected chi connectivity index (χ3v) is 1.75. The van der Waals surface area contributed by atoms with Crippen molar-refractivity contribution in [2.75, 3.05) is 5.32 Å². The summed E-state index contributed by atoms with van der Waals surface area (Å²) >= 11 is 0. The summed E-state index contributed by atoms with van der Waals surface area (Å²) in [5.74, 6) is 0.663. The number of aromatic nitrogens is 1. The Labute approximate surface area is 88.9 Å². The Morgan fingerprint density at radius 2 is 2.40 bits per heavy atom. The van der Waals surface area contributed by atoms with Crippen molar-refractivity contribution in [2.45, 2.75) is 20.3 Å². The molecule has 0 saturated carbocycles. The van der Waals surface area contributed by atoms with Gasteiger partial charge < -0.3 is 5.32 Å². The number of carbonyl (C=O) groups excluding carboxylic acids is 1. The van der Waals surface area contributed by atoms with Crippen LogP contribution in [0, 0.1) is 17.2 Å². The maximum absolute atomic E-state index is 11.4. The topological polar surface area (TPSA) is 65.8 Å². The predicted octanol–water partition coefficient (Wildman–Crippen LogP) is 1.94. The molecule has 4 nitrogen and oxygen atoms in total. The number of hydrogen-bond donors (Lipinski definition) is 1. The van der Waals surface area contributed by atoms with Gasteiger partial charge in [-0.2, -0.15) is 5.26 Å². The molecule has 0 aromatic carbocycles. The van der Waals surface area contributed by atoms with Crippen molar-refractivity contribution in [1.82, 2.24) is 4.98 Å². The van der Waals surface area contributed by atoms with Crippen LogP contribution in [-0.2, 0) is 4.79 Å². The Balaban J connectivity index is 2.65. The molecule has 0 bridgehead atoms. The van der Waals surface area contributed by atoms with Crippen molar-refractivity contribution in [3.05, 3.63) is 23.9 Å². The molecule has 0 aliphatic rings. The van der Waals surface area contributed by atoms with E-state index in [1.54, 1.807) is 12.1 Å². The van der Waals surface area contributed by atoms with Gasteiger partial charge in [0.2, 0.25) is 5.91 Å². The summed E-state index contributed by atoms with van der Waals surface area (Å²) in [4.78, 5) is 15.3. The molecule has 0 unspecified atom stereocenters. The second-order valence-electron chi connectivity index (χ2n) is 3.69. The average Bonchev–Trinajstić information content (AvgIpc) is 2.16. The highest BCUT2D eigenvalue weighted by Gasteiger charge is 2.05. The van der Waals surface area contributed by atoms with Crippen LogP contribution in [0.2, 0.25) is 0 Å². The standard InChI is InChI=1S/C11H13N3O/c1-8(2)5-11(15)14-10-6-9(7-12)3-4-13-10/h3-4,6,8H,5H2,1-2H3,(H,13,14,15). The highest BCUT2D eigenvalue weighted by Crippen LogP contribution is 2.07. The van der Waals surface area contributed by atoms with Crippen LogP contribution < -0.4 is 5.32 Å². The van der Waals surface area contributed by atoms with Gasteiger partial charge in [-0.05, 0) is 18.1 Å². The van der Waals surface area contributed by atoms with Gasteiger partial charge in [-0.25, -0.2) is 4.98 Å². The lowest BCUT2D eigenvalue weighted by Gasteiger charge is -2.05. The molecule has 4 heteroatoms. The smallest absolute Gasteiger partial charge is 0.225 e. The number of nitriles is 1. The van der Waals surface area contributed by atoms with Gasteiger partial charge in [0.25, 0.3) is 0 Å². The molecule has 1 heterocycles. The maximum Gasteiger partial charge on any atom is 0.225 e. The van der Waals surface area contributed by atoms with Gasteiger partial charge in [0.1, 0.15) is 5.82 Å². The van der Waals surface area contributed by atoms with E-state index in [-0.39, 0.29) is 5.91 Å². The molecule has 1 amide bonds. The van der Waals surface area contributed by atoms with Gasteiger partial charge in [0, 0.05) is 12.6 Å². The fourth-order valence-corrected chi connectivity index (χ4v) is 1.13. The second-order valence-corrected chi connectivity index (χ2v) is 3.69. The number of nitrogens with zero attached hydrogens (tertiary/aromatic N) is 2. The highest BCUT2D eigenvalue weighted by molar-refractivity contribution is 5.89. The molecule has 1 aromatic heterocycles. The normalized spacial score (nSPS) is 9.73. The summed E-state index contributed by atoms with van der Waals surface area (Å²) in [6.07, 6.45) is 1.96. The van der Waals surface area contributed by atoms with Crippen molar-refractivity contribution >= 4 is 11.7 Å². The zero-order chi connectivity index (χ0) is 11.3. The number of nitrogens with one attached hydrogen (secondary N) is 1. The Morgan fingerprint density at radius 3 is 3.00 bits per heavy atom. The van der Waals surface area contributed by atoms with Crippen LogP contribution in [-0.4, -0.2) is 10.9 Å². The molecule has 0 atom stereocenters. The molecule has 0 saturated heterocycles. The summed E-state index contributed by atoms with van der Waals surface area (Å²) in [6, 6.07) is 5.14. The summed E-state index contributed by atoms with van der Waals surface area (Å²) in [7, 11) is 0. The number of pyridine rings is 1. The van der Waals surface area contributed by atoms with E-state index >= 15 is 0 Å². The minimum Gasteiger partial charge on any atom is -0.311 e. The van der Waals surface area contributed by atoms with Gasteiger partial charge in [-0.15, -0.1) is 0 Å². The van der Waals surface area contributed by atoms with Gasteiger partial charge in [0.05, 0.1) is 11.6 Å². The van der Waals surface area contributed by atoms with Crippen molar-refractivity contribution < 1.29 is 4.79 Å². The number of anilines is 1. The summed E-state index contributed by atoms with van der Waals surface area (Å²) < 4.78 is 0. The van der Waals surface area contributed by atoms with Gasteiger partial charge in [-0.1, -0.05) is 13.8 Å². The molecule has 1 N–H and O–H groups in total. The van der Waals surface area contributed by atoms with Crippen LogP contribution in [0.4, 0.5) is 5.82 Å². The molecular formula is C11H13N3O. The first-order valence-electron chi connectivity index (χ1n) is 4.78. The van der Waals surface area contributed by atoms with Crippen molar-refractivity contribution in [1.29, 1.82) is 5.26 Å². The molecule has 0 radical (unpaired) electrons. The van der Waals surface area contributed by atoms with E-state index in [4.69, 9.17) is 5.26 Å². The molecule has 1 rings (SSSR count). The summed E-state index contributed by atoms with van der Waals surface area (Å²) in [5.41, 5.74) is 0.491. The van der Waals surface area contributed by atoms with Crippen LogP contribution >= 0.6 is 0 Å². The molecule has 15 heavy (non-hydrogen) atoms. The van der Waals surface area contributed by atoms with E-state index in [9.17, 15) is 4.79 Å². The van der Waals surface area contributed by atoms with Gasteiger partial charge in [-0.3, -0.25) is 4.79 Å². The van der Waals surface area contributed by atoms with E-state index in [1.165, 1.54) is 6.20 Å². The molecule has 1 aromatic rings. The average molecular weight is 203 g/mol. The molecular weight excluding hydrogens is 190 g/mol. The van der Waals surface area contributed by atoms with Crippen molar-refractivity contribution in [3.63, 3.8) is 0 Å². The highest BCUT2D eigenvalue weighted by atomic mass is 16.1. The number of hydrogen-bond acceptors (Lipinski definition) is 3. The minimum atomic E-state index is -0.0763. The Hall–Kier alpha value is -1.89. The number of carbonyl (C=O) groups is 1. The molecule has 0 spiro atoms. The van der Waals surface area contributed by atoms with Crippen LogP contribution in [0.1, 0.15) is 25.8 Å². The number of amides is 1. The van der Waals surface area contributed by atoms with Crippen LogP contribution in [0.15, 0.2) is 18.3 Å². The Bertz CT molecular complexity index is 393. The first kappa shape index (κ1) is 11.2. The lowest BCUT2D eigenvalue weighted by atomic mass is 10.1. The zero-order valence-electron chi connectivity index (χ0n) is 8.82. The maximum atomic E-state index is 11.4. The summed E-state index contributed by atoms with van der Waals surface area (Å²) in [6.45, 7) is 3.94. The fraction of sp³-hybridized carbons (Fsp3) is 0.364. The summed E-state index contributed by atoms with van der Waals surface area (Å²) in [5, 5.41) is 11.3. The van der Waals surface area contributed by atoms with Crippen molar-refractivity contribution in [2.24, 2.45) is 5.92 Å². The second kappa shape index (κ2) is 5.11. The monoisotopic (exact) mass is 203 g/mol. The molecule has 0 aliphatic heterocycles. The van der Waals surface area contributed by atoms with Gasteiger partial charge >= 0.3 is 0 Å². The predicted molar refractivity (Wildman–Crippen MR) is 57.0 cm³/mol. The molecule has 0 fully saturated rings.